The number of halogens is 1. The van der Waals surface area contributed by atoms with Crippen molar-refractivity contribution in [2.45, 2.75) is 30.6 Å². The number of rotatable bonds is 4. The van der Waals surface area contributed by atoms with Crippen LogP contribution in [0, 0.1) is 6.92 Å². The van der Waals surface area contributed by atoms with Gasteiger partial charge in [-0.2, -0.15) is 0 Å². The number of sulfone groups is 1. The van der Waals surface area contributed by atoms with E-state index in [1.807, 2.05) is 19.1 Å². The second kappa shape index (κ2) is 4.96. The fraction of sp³-hybridized carbons (Fsp3) is 0.500. The number of hydrogen-bond acceptors (Lipinski definition) is 3. The molecular formula is C12H17ClO3S. The van der Waals surface area contributed by atoms with Gasteiger partial charge in [0.2, 0.25) is 0 Å². The van der Waals surface area contributed by atoms with Crippen molar-refractivity contribution in [1.29, 1.82) is 0 Å². The molecule has 0 amide bonds. The number of aryl methyl sites for hydroxylation is 1. The van der Waals surface area contributed by atoms with Crippen LogP contribution < -0.4 is 0 Å². The van der Waals surface area contributed by atoms with E-state index in [0.717, 1.165) is 11.8 Å². The van der Waals surface area contributed by atoms with Crippen LogP contribution in [0.15, 0.2) is 24.3 Å². The summed E-state index contributed by atoms with van der Waals surface area (Å²) >= 11 is 6.12. The summed E-state index contributed by atoms with van der Waals surface area (Å²) in [5, 5.41) is 10.2. The molecule has 0 fully saturated rings. The van der Waals surface area contributed by atoms with Crippen molar-refractivity contribution in [3.05, 3.63) is 35.4 Å². The Morgan fingerprint density at radius 1 is 1.41 bits per heavy atom. The largest absolute Gasteiger partial charge is 0.385 e. The molecule has 0 radical (unpaired) electrons. The Morgan fingerprint density at radius 3 is 2.35 bits per heavy atom. The summed E-state index contributed by atoms with van der Waals surface area (Å²) in [4.78, 5) is 0. The molecule has 0 aromatic heterocycles. The number of alkyl halides is 1. The molecule has 96 valence electrons. The van der Waals surface area contributed by atoms with Crippen LogP contribution in [-0.2, 0) is 9.84 Å². The lowest BCUT2D eigenvalue weighted by Gasteiger charge is -2.30. The number of hydrogen-bond donors (Lipinski definition) is 1. The average molecular weight is 277 g/mol. The Bertz CT molecular complexity index is 498. The van der Waals surface area contributed by atoms with Gasteiger partial charge in [-0.15, -0.1) is 0 Å². The van der Waals surface area contributed by atoms with Gasteiger partial charge < -0.3 is 5.11 Å². The molecule has 2 atom stereocenters. The van der Waals surface area contributed by atoms with E-state index in [9.17, 15) is 13.5 Å². The summed E-state index contributed by atoms with van der Waals surface area (Å²) < 4.78 is 21.8. The minimum atomic E-state index is -3.56. The lowest BCUT2D eigenvalue weighted by Crippen LogP contribution is -2.38. The van der Waals surface area contributed by atoms with Crippen LogP contribution >= 0.6 is 11.6 Å². The molecule has 0 bridgehead atoms. The first-order chi connectivity index (χ1) is 7.74. The monoisotopic (exact) mass is 276 g/mol. The van der Waals surface area contributed by atoms with Gasteiger partial charge in [0, 0.05) is 6.26 Å². The topological polar surface area (TPSA) is 54.4 Å². The molecule has 0 saturated carbocycles. The lowest BCUT2D eigenvalue weighted by atomic mass is 9.99. The Morgan fingerprint density at radius 2 is 1.94 bits per heavy atom. The maximum atomic E-state index is 11.7. The molecule has 5 heteroatoms. The highest BCUT2D eigenvalue weighted by Gasteiger charge is 2.45. The summed E-state index contributed by atoms with van der Waals surface area (Å²) in [6.07, 6.45) is -0.0428. The molecule has 3 nitrogen and oxygen atoms in total. The van der Waals surface area contributed by atoms with Crippen molar-refractivity contribution >= 4 is 21.4 Å². The highest BCUT2D eigenvalue weighted by atomic mass is 35.5. The Labute approximate surface area is 107 Å². The van der Waals surface area contributed by atoms with Crippen LogP contribution in [0.2, 0.25) is 0 Å². The molecular weight excluding hydrogens is 260 g/mol. The van der Waals surface area contributed by atoms with Crippen LogP contribution in [0.3, 0.4) is 0 Å². The number of benzene rings is 1. The van der Waals surface area contributed by atoms with Gasteiger partial charge in [0.15, 0.2) is 14.0 Å². The van der Waals surface area contributed by atoms with E-state index in [4.69, 9.17) is 11.6 Å². The van der Waals surface area contributed by atoms with Crippen molar-refractivity contribution in [3.8, 4) is 0 Å². The highest BCUT2D eigenvalue weighted by molar-refractivity contribution is 7.93. The first-order valence-electron chi connectivity index (χ1n) is 5.36. The second-order valence-corrected chi connectivity index (χ2v) is 7.34. The summed E-state index contributed by atoms with van der Waals surface area (Å²) in [6.45, 7) is 3.46. The molecule has 0 aliphatic carbocycles. The zero-order valence-electron chi connectivity index (χ0n) is 10.1. The van der Waals surface area contributed by atoms with Gasteiger partial charge in [0.1, 0.15) is 6.10 Å². The third-order valence-electron chi connectivity index (χ3n) is 2.99. The number of aliphatic hydroxyl groups is 1. The van der Waals surface area contributed by atoms with E-state index in [1.54, 1.807) is 19.1 Å². The Balaban J connectivity index is 3.29. The summed E-state index contributed by atoms with van der Waals surface area (Å²) in [7, 11) is -3.56. The predicted octanol–water partition coefficient (Wildman–Crippen LogP) is 2.42. The smallest absolute Gasteiger partial charge is 0.174 e. The molecule has 0 aliphatic heterocycles. The van der Waals surface area contributed by atoms with Gasteiger partial charge in [-0.1, -0.05) is 42.8 Å². The molecule has 0 unspecified atom stereocenters. The van der Waals surface area contributed by atoms with E-state index in [1.165, 1.54) is 0 Å². The molecule has 0 saturated heterocycles. The Hall–Kier alpha value is -0.580. The predicted molar refractivity (Wildman–Crippen MR) is 69.9 cm³/mol. The van der Waals surface area contributed by atoms with Gasteiger partial charge in [-0.25, -0.2) is 8.42 Å². The quantitative estimate of drug-likeness (QED) is 0.860. The van der Waals surface area contributed by atoms with Crippen LogP contribution in [0.5, 0.6) is 0 Å². The zero-order chi connectivity index (χ0) is 13.3. The van der Waals surface area contributed by atoms with Crippen molar-refractivity contribution < 1.29 is 13.5 Å². The molecule has 1 rings (SSSR count). The second-order valence-electron chi connectivity index (χ2n) is 4.17. The molecule has 0 aliphatic rings. The average Bonchev–Trinajstić information content (AvgIpc) is 2.26. The van der Waals surface area contributed by atoms with Gasteiger partial charge >= 0.3 is 0 Å². The lowest BCUT2D eigenvalue weighted by molar-refractivity contribution is 0.154. The zero-order valence-corrected chi connectivity index (χ0v) is 11.7. The van der Waals surface area contributed by atoms with E-state index in [-0.39, 0.29) is 6.42 Å². The van der Waals surface area contributed by atoms with Crippen LogP contribution in [-0.4, -0.2) is 24.0 Å². The molecule has 1 aromatic carbocycles. The number of aliphatic hydroxyl groups excluding tert-OH is 1. The van der Waals surface area contributed by atoms with Crippen LogP contribution in [0.4, 0.5) is 0 Å². The third kappa shape index (κ3) is 2.64. The highest BCUT2D eigenvalue weighted by Crippen LogP contribution is 2.40. The van der Waals surface area contributed by atoms with E-state index < -0.39 is 20.1 Å². The first kappa shape index (κ1) is 14.5. The van der Waals surface area contributed by atoms with Gasteiger partial charge in [0.25, 0.3) is 0 Å². The first-order valence-corrected chi connectivity index (χ1v) is 7.63. The Kier molecular flexibility index (Phi) is 4.23. The van der Waals surface area contributed by atoms with E-state index in [0.29, 0.717) is 5.56 Å². The fourth-order valence-electron chi connectivity index (χ4n) is 1.78. The third-order valence-corrected chi connectivity index (χ3v) is 6.05. The SMILES string of the molecule is CC[C@@](Cl)([C@@H](O)c1ccccc1C)S(C)(=O)=O. The summed E-state index contributed by atoms with van der Waals surface area (Å²) in [5.41, 5.74) is 1.37. The maximum absolute atomic E-state index is 11.7. The normalized spacial score (nSPS) is 17.5. The molecule has 0 spiro atoms. The summed E-state index contributed by atoms with van der Waals surface area (Å²) in [5.74, 6) is 0. The van der Waals surface area contributed by atoms with Crippen LogP contribution in [0.25, 0.3) is 0 Å². The van der Waals surface area contributed by atoms with E-state index in [2.05, 4.69) is 0 Å². The molecule has 1 aromatic rings. The molecule has 1 N–H and O–H groups in total. The standard InChI is InChI=1S/C12H17ClO3S/c1-4-12(13,17(3,15)16)11(14)10-8-6-5-7-9(10)2/h5-8,11,14H,4H2,1-3H3/t11-,12-/m0/s1. The minimum Gasteiger partial charge on any atom is -0.385 e. The van der Waals surface area contributed by atoms with Gasteiger partial charge in [-0.05, 0) is 24.5 Å². The van der Waals surface area contributed by atoms with Crippen molar-refractivity contribution in [2.24, 2.45) is 0 Å². The maximum Gasteiger partial charge on any atom is 0.174 e. The van der Waals surface area contributed by atoms with Gasteiger partial charge in [-0.3, -0.25) is 0 Å². The summed E-state index contributed by atoms with van der Waals surface area (Å²) in [6, 6.07) is 7.08. The molecule has 0 heterocycles. The van der Waals surface area contributed by atoms with Crippen molar-refractivity contribution in [2.75, 3.05) is 6.26 Å². The fourth-order valence-corrected chi connectivity index (χ4v) is 2.96. The molecule has 17 heavy (non-hydrogen) atoms. The van der Waals surface area contributed by atoms with Crippen molar-refractivity contribution in [1.82, 2.24) is 0 Å². The van der Waals surface area contributed by atoms with Gasteiger partial charge in [0.05, 0.1) is 0 Å². The van der Waals surface area contributed by atoms with Crippen molar-refractivity contribution in [3.63, 3.8) is 0 Å². The van der Waals surface area contributed by atoms with Crippen LogP contribution in [0.1, 0.15) is 30.6 Å². The van der Waals surface area contributed by atoms with E-state index >= 15 is 0 Å². The minimum absolute atomic E-state index is 0.142.